The molecule has 0 aromatic rings. The predicted molar refractivity (Wildman–Crippen MR) is 172 cm³/mol. The van der Waals surface area contributed by atoms with Crippen LogP contribution in [-0.4, -0.2) is 79.2 Å². The second-order valence-electron chi connectivity index (χ2n) is 11.5. The lowest BCUT2D eigenvalue weighted by Crippen LogP contribution is -2.42. The summed E-state index contributed by atoms with van der Waals surface area (Å²) < 4.78 is 5.22. The lowest BCUT2D eigenvalue weighted by atomic mass is 9.85. The van der Waals surface area contributed by atoms with E-state index in [1.807, 2.05) is 19.1 Å². The topological polar surface area (TPSA) is 165 Å². The fourth-order valence-electron chi connectivity index (χ4n) is 4.33. The molecule has 10 heteroatoms. The Hall–Kier alpha value is -2.79. The van der Waals surface area contributed by atoms with E-state index < -0.39 is 60.4 Å². The number of aliphatic carboxylic acids is 1. The molecule has 246 valence electrons. The number of ether oxygens (including phenoxy) is 1. The van der Waals surface area contributed by atoms with Gasteiger partial charge in [0.2, 0.25) is 0 Å². The number of carboxylic acids is 1. The third-order valence-corrected chi connectivity index (χ3v) is 7.63. The van der Waals surface area contributed by atoms with E-state index in [4.69, 9.17) is 21.4 Å². The van der Waals surface area contributed by atoms with Crippen LogP contribution in [0.2, 0.25) is 0 Å². The molecule has 1 saturated carbocycles. The first-order chi connectivity index (χ1) is 20.7. The average molecular weight is 637 g/mol. The van der Waals surface area contributed by atoms with Crippen LogP contribution in [0.25, 0.3) is 0 Å². The molecule has 0 radical (unpaired) electrons. The van der Waals surface area contributed by atoms with Crippen LogP contribution in [-0.2, 0) is 14.3 Å². The van der Waals surface area contributed by atoms with Gasteiger partial charge in [0, 0.05) is 29.9 Å². The van der Waals surface area contributed by atoms with Gasteiger partial charge in [-0.2, -0.15) is 0 Å². The molecule has 44 heavy (non-hydrogen) atoms. The SMILES string of the molecule is CC(/C=C/C=C/C(=O)OC1CC(C(=O)O)CCC1O)=C\C=C\C=C(/Cl)C(C)C(O)C(O)C(O)CC(O)/C=C/C=C/CC(C)C. The quantitative estimate of drug-likeness (QED) is 0.0765. The second kappa shape index (κ2) is 21.0. The molecule has 1 aliphatic rings. The van der Waals surface area contributed by atoms with Gasteiger partial charge in [0.25, 0.3) is 0 Å². The summed E-state index contributed by atoms with van der Waals surface area (Å²) in [6.07, 6.45) is 14.3. The van der Waals surface area contributed by atoms with Gasteiger partial charge in [-0.05, 0) is 38.2 Å². The Kier molecular flexibility index (Phi) is 18.8. The standard InChI is InChI=1S/C34H49ClO9/c1-22(2)12-6-5-7-15-26(36)21-29(38)33(41)32(40)24(4)27(35)16-10-8-13-23(3)14-9-11-17-31(39)44-30-20-25(34(42)43)18-19-28(30)37/h5-11,13-17,22,24-26,28-30,32-33,36-38,40-41H,12,18-21H2,1-4H3,(H,42,43)/b6-5+,10-8+,14-9+,15-7+,17-11+,23-13+,27-16-. The zero-order valence-electron chi connectivity index (χ0n) is 25.9. The predicted octanol–water partition coefficient (Wildman–Crippen LogP) is 4.51. The number of rotatable bonds is 17. The van der Waals surface area contributed by atoms with Crippen LogP contribution in [0.4, 0.5) is 0 Å². The number of carbonyl (C=O) groups excluding carboxylic acids is 1. The molecule has 0 heterocycles. The first-order valence-corrected chi connectivity index (χ1v) is 15.3. The van der Waals surface area contributed by atoms with Crippen molar-refractivity contribution in [3.8, 4) is 0 Å². The number of hydrogen-bond acceptors (Lipinski definition) is 8. The fraction of sp³-hybridized carbons (Fsp3) is 0.529. The molecule has 0 bridgehead atoms. The Morgan fingerprint density at radius 2 is 1.57 bits per heavy atom. The highest BCUT2D eigenvalue weighted by molar-refractivity contribution is 6.30. The molecule has 9 nitrogen and oxygen atoms in total. The van der Waals surface area contributed by atoms with Crippen molar-refractivity contribution in [2.45, 2.75) is 96.4 Å². The van der Waals surface area contributed by atoms with Gasteiger partial charge in [-0.25, -0.2) is 4.79 Å². The molecule has 1 fully saturated rings. The van der Waals surface area contributed by atoms with Crippen molar-refractivity contribution in [3.05, 3.63) is 83.5 Å². The maximum absolute atomic E-state index is 12.0. The maximum atomic E-state index is 12.0. The number of halogens is 1. The smallest absolute Gasteiger partial charge is 0.331 e. The normalized spacial score (nSPS) is 24.1. The van der Waals surface area contributed by atoms with Crippen molar-refractivity contribution in [3.63, 3.8) is 0 Å². The summed E-state index contributed by atoms with van der Waals surface area (Å²) in [6.45, 7) is 7.64. The van der Waals surface area contributed by atoms with Gasteiger partial charge in [0.1, 0.15) is 12.2 Å². The number of allylic oxidation sites excluding steroid dienone is 11. The molecule has 8 atom stereocenters. The first kappa shape index (κ1) is 39.2. The molecule has 0 amide bonds. The molecule has 0 aliphatic heterocycles. The van der Waals surface area contributed by atoms with E-state index in [0.29, 0.717) is 12.3 Å². The van der Waals surface area contributed by atoms with Crippen LogP contribution >= 0.6 is 11.6 Å². The van der Waals surface area contributed by atoms with Gasteiger partial charge in [0.15, 0.2) is 0 Å². The minimum absolute atomic E-state index is 0.0812. The Morgan fingerprint density at radius 1 is 0.909 bits per heavy atom. The number of aliphatic hydroxyl groups excluding tert-OH is 5. The Bertz CT molecular complexity index is 1100. The van der Waals surface area contributed by atoms with Crippen LogP contribution in [0.15, 0.2) is 83.5 Å². The Balaban J connectivity index is 2.55. The molecule has 8 unspecified atom stereocenters. The minimum Gasteiger partial charge on any atom is -0.481 e. The van der Waals surface area contributed by atoms with Crippen LogP contribution in [0.3, 0.4) is 0 Å². The average Bonchev–Trinajstić information content (AvgIpc) is 2.96. The van der Waals surface area contributed by atoms with Gasteiger partial charge in [0.05, 0.1) is 30.3 Å². The Morgan fingerprint density at radius 3 is 2.23 bits per heavy atom. The summed E-state index contributed by atoms with van der Waals surface area (Å²) >= 11 is 6.31. The number of esters is 1. The lowest BCUT2D eigenvalue weighted by molar-refractivity contribution is -0.159. The van der Waals surface area contributed by atoms with E-state index in [2.05, 4.69) is 13.8 Å². The minimum atomic E-state index is -1.51. The van der Waals surface area contributed by atoms with Gasteiger partial charge >= 0.3 is 11.9 Å². The van der Waals surface area contributed by atoms with E-state index >= 15 is 0 Å². The monoisotopic (exact) mass is 636 g/mol. The summed E-state index contributed by atoms with van der Waals surface area (Å²) in [4.78, 5) is 23.2. The molecule has 0 aromatic carbocycles. The zero-order valence-corrected chi connectivity index (χ0v) is 26.7. The van der Waals surface area contributed by atoms with Crippen molar-refractivity contribution in [1.29, 1.82) is 0 Å². The first-order valence-electron chi connectivity index (χ1n) is 14.9. The molecular weight excluding hydrogens is 588 g/mol. The molecule has 0 saturated heterocycles. The van der Waals surface area contributed by atoms with E-state index in [1.165, 1.54) is 18.2 Å². The number of carboxylic acid groups (broad SMARTS) is 1. The highest BCUT2D eigenvalue weighted by atomic mass is 35.5. The van der Waals surface area contributed by atoms with E-state index in [9.17, 15) is 35.1 Å². The highest BCUT2D eigenvalue weighted by Gasteiger charge is 2.35. The fourth-order valence-corrected chi connectivity index (χ4v) is 4.53. The number of carbonyl (C=O) groups is 2. The van der Waals surface area contributed by atoms with E-state index in [1.54, 1.807) is 49.5 Å². The lowest BCUT2D eigenvalue weighted by Gasteiger charge is -2.30. The summed E-state index contributed by atoms with van der Waals surface area (Å²) in [5, 5.41) is 60.7. The molecule has 6 N–H and O–H groups in total. The van der Waals surface area contributed by atoms with Crippen LogP contribution in [0, 0.1) is 17.8 Å². The largest absolute Gasteiger partial charge is 0.481 e. The summed E-state index contributed by atoms with van der Waals surface area (Å²) in [7, 11) is 0. The molecule has 0 spiro atoms. The zero-order chi connectivity index (χ0) is 33.2. The van der Waals surface area contributed by atoms with Crippen molar-refractivity contribution < 1.29 is 45.0 Å². The van der Waals surface area contributed by atoms with Crippen molar-refractivity contribution in [1.82, 2.24) is 0 Å². The Labute approximate surface area is 265 Å². The van der Waals surface area contributed by atoms with E-state index in [-0.39, 0.29) is 24.3 Å². The molecule has 1 aliphatic carbocycles. The van der Waals surface area contributed by atoms with Crippen molar-refractivity contribution in [2.24, 2.45) is 17.8 Å². The van der Waals surface area contributed by atoms with Crippen molar-refractivity contribution >= 4 is 23.5 Å². The molecule has 0 aromatic heterocycles. The third-order valence-electron chi connectivity index (χ3n) is 7.16. The molecule has 1 rings (SSSR count). The van der Waals surface area contributed by atoms with Crippen LogP contribution in [0.5, 0.6) is 0 Å². The highest BCUT2D eigenvalue weighted by Crippen LogP contribution is 2.27. The van der Waals surface area contributed by atoms with Gasteiger partial charge in [-0.1, -0.05) is 98.7 Å². The van der Waals surface area contributed by atoms with Crippen molar-refractivity contribution in [2.75, 3.05) is 0 Å². The van der Waals surface area contributed by atoms with Gasteiger partial charge < -0.3 is 35.4 Å². The summed E-state index contributed by atoms with van der Waals surface area (Å²) in [6, 6.07) is 0. The number of hydrogen-bond donors (Lipinski definition) is 6. The van der Waals surface area contributed by atoms with Crippen LogP contribution in [0.1, 0.15) is 59.8 Å². The van der Waals surface area contributed by atoms with Gasteiger partial charge in [-0.15, -0.1) is 0 Å². The van der Waals surface area contributed by atoms with E-state index in [0.717, 1.165) is 12.0 Å². The molecular formula is C34H49ClO9. The summed E-state index contributed by atoms with van der Waals surface area (Å²) in [5.74, 6) is -2.43. The maximum Gasteiger partial charge on any atom is 0.331 e. The van der Waals surface area contributed by atoms with Gasteiger partial charge in [-0.3, -0.25) is 4.79 Å². The second-order valence-corrected chi connectivity index (χ2v) is 12.0. The summed E-state index contributed by atoms with van der Waals surface area (Å²) in [5.41, 5.74) is 0.838. The number of aliphatic hydroxyl groups is 5. The third kappa shape index (κ3) is 15.8. The van der Waals surface area contributed by atoms with Crippen LogP contribution < -0.4 is 0 Å².